The fourth-order valence-electron chi connectivity index (χ4n) is 3.28. The van der Waals surface area contributed by atoms with Gasteiger partial charge in [0.2, 0.25) is 5.91 Å². The minimum Gasteiger partial charge on any atom is -0.381 e. The highest BCUT2D eigenvalue weighted by atomic mass is 16.5. The standard InChI is InChI=1S/C14H25NO2/c1-10-4-5-11(2)15(10)14(16)12(3)13-6-8-17-9-7-13/h10-13H,4-9H2,1-3H3/t10-,11?,12?/m1/s1. The number of likely N-dealkylation sites (tertiary alicyclic amines) is 1. The van der Waals surface area contributed by atoms with E-state index in [1.54, 1.807) is 0 Å². The monoisotopic (exact) mass is 239 g/mol. The van der Waals surface area contributed by atoms with Crippen molar-refractivity contribution in [3.63, 3.8) is 0 Å². The van der Waals surface area contributed by atoms with Crippen LogP contribution in [0.5, 0.6) is 0 Å². The molecule has 0 aromatic heterocycles. The number of ether oxygens (including phenoxy) is 1. The normalized spacial score (nSPS) is 32.8. The molecule has 98 valence electrons. The Labute approximate surface area is 105 Å². The molecule has 0 radical (unpaired) electrons. The summed E-state index contributed by atoms with van der Waals surface area (Å²) >= 11 is 0. The molecule has 1 amide bonds. The number of hydrogen-bond donors (Lipinski definition) is 0. The van der Waals surface area contributed by atoms with Crippen LogP contribution in [0.15, 0.2) is 0 Å². The van der Waals surface area contributed by atoms with Crippen molar-refractivity contribution in [2.24, 2.45) is 11.8 Å². The molecule has 3 nitrogen and oxygen atoms in total. The van der Waals surface area contributed by atoms with E-state index < -0.39 is 0 Å². The Morgan fingerprint density at radius 2 is 1.65 bits per heavy atom. The molecule has 3 atom stereocenters. The maximum Gasteiger partial charge on any atom is 0.226 e. The number of carbonyl (C=O) groups is 1. The summed E-state index contributed by atoms with van der Waals surface area (Å²) in [4.78, 5) is 14.7. The van der Waals surface area contributed by atoms with Gasteiger partial charge in [-0.2, -0.15) is 0 Å². The molecule has 2 fully saturated rings. The lowest BCUT2D eigenvalue weighted by Gasteiger charge is -2.34. The fourth-order valence-corrected chi connectivity index (χ4v) is 3.28. The molecule has 0 aliphatic carbocycles. The summed E-state index contributed by atoms with van der Waals surface area (Å²) in [5.74, 6) is 1.06. The van der Waals surface area contributed by atoms with Crippen molar-refractivity contribution >= 4 is 5.91 Å². The fraction of sp³-hybridized carbons (Fsp3) is 0.929. The van der Waals surface area contributed by atoms with Crippen molar-refractivity contribution in [2.75, 3.05) is 13.2 Å². The quantitative estimate of drug-likeness (QED) is 0.741. The van der Waals surface area contributed by atoms with Crippen molar-refractivity contribution in [3.8, 4) is 0 Å². The first-order valence-electron chi connectivity index (χ1n) is 7.01. The van der Waals surface area contributed by atoms with Gasteiger partial charge in [0.05, 0.1) is 0 Å². The first-order valence-corrected chi connectivity index (χ1v) is 7.01. The second kappa shape index (κ2) is 5.38. The van der Waals surface area contributed by atoms with Gasteiger partial charge < -0.3 is 9.64 Å². The van der Waals surface area contributed by atoms with Crippen LogP contribution in [-0.4, -0.2) is 36.1 Å². The highest BCUT2D eigenvalue weighted by molar-refractivity contribution is 5.79. The third-order valence-corrected chi connectivity index (χ3v) is 4.57. The van der Waals surface area contributed by atoms with Gasteiger partial charge in [0.1, 0.15) is 0 Å². The largest absolute Gasteiger partial charge is 0.381 e. The molecule has 3 heteroatoms. The maximum absolute atomic E-state index is 12.6. The predicted molar refractivity (Wildman–Crippen MR) is 67.7 cm³/mol. The Bertz CT molecular complexity index is 263. The number of rotatable bonds is 2. The molecule has 0 aromatic carbocycles. The number of nitrogens with zero attached hydrogens (tertiary/aromatic N) is 1. The minimum absolute atomic E-state index is 0.168. The van der Waals surface area contributed by atoms with E-state index >= 15 is 0 Å². The van der Waals surface area contributed by atoms with Gasteiger partial charge >= 0.3 is 0 Å². The van der Waals surface area contributed by atoms with E-state index in [9.17, 15) is 4.79 Å². The Hall–Kier alpha value is -0.570. The summed E-state index contributed by atoms with van der Waals surface area (Å²) in [6.07, 6.45) is 4.41. The van der Waals surface area contributed by atoms with Crippen LogP contribution in [0, 0.1) is 11.8 Å². The van der Waals surface area contributed by atoms with Gasteiger partial charge in [-0.05, 0) is 45.4 Å². The molecule has 0 N–H and O–H groups in total. The van der Waals surface area contributed by atoms with Crippen LogP contribution in [0.3, 0.4) is 0 Å². The van der Waals surface area contributed by atoms with E-state index in [1.807, 2.05) is 0 Å². The first kappa shape index (κ1) is 12.9. The average Bonchev–Trinajstić information content (AvgIpc) is 2.68. The minimum atomic E-state index is 0.168. The molecular weight excluding hydrogens is 214 g/mol. The third kappa shape index (κ3) is 2.65. The Kier molecular flexibility index (Phi) is 4.08. The van der Waals surface area contributed by atoms with Gasteiger partial charge in [0.25, 0.3) is 0 Å². The molecule has 0 bridgehead atoms. The van der Waals surface area contributed by atoms with Crippen LogP contribution in [0.2, 0.25) is 0 Å². The summed E-state index contributed by atoms with van der Waals surface area (Å²) in [6, 6.07) is 0.861. The zero-order valence-corrected chi connectivity index (χ0v) is 11.3. The van der Waals surface area contributed by atoms with Crippen molar-refractivity contribution < 1.29 is 9.53 Å². The number of hydrogen-bond acceptors (Lipinski definition) is 2. The molecule has 2 aliphatic heterocycles. The van der Waals surface area contributed by atoms with Crippen LogP contribution in [0.1, 0.15) is 46.5 Å². The molecule has 0 aromatic rings. The molecule has 2 heterocycles. The van der Waals surface area contributed by atoms with Crippen LogP contribution in [0.25, 0.3) is 0 Å². The smallest absolute Gasteiger partial charge is 0.226 e. The van der Waals surface area contributed by atoms with E-state index in [-0.39, 0.29) is 5.92 Å². The number of carbonyl (C=O) groups excluding carboxylic acids is 1. The molecule has 2 saturated heterocycles. The van der Waals surface area contributed by atoms with Crippen molar-refractivity contribution in [1.82, 2.24) is 4.90 Å². The lowest BCUT2D eigenvalue weighted by atomic mass is 9.86. The van der Waals surface area contributed by atoms with Crippen LogP contribution < -0.4 is 0 Å². The van der Waals surface area contributed by atoms with Gasteiger partial charge in [-0.15, -0.1) is 0 Å². The lowest BCUT2D eigenvalue weighted by molar-refractivity contribution is -0.140. The highest BCUT2D eigenvalue weighted by Crippen LogP contribution is 2.30. The van der Waals surface area contributed by atoms with Crippen LogP contribution in [0.4, 0.5) is 0 Å². The predicted octanol–water partition coefficient (Wildman–Crippen LogP) is 2.45. The third-order valence-electron chi connectivity index (χ3n) is 4.57. The summed E-state index contributed by atoms with van der Waals surface area (Å²) in [5, 5.41) is 0. The van der Waals surface area contributed by atoms with Gasteiger partial charge in [-0.25, -0.2) is 0 Å². The summed E-state index contributed by atoms with van der Waals surface area (Å²) in [6.45, 7) is 8.12. The summed E-state index contributed by atoms with van der Waals surface area (Å²) in [7, 11) is 0. The second-order valence-electron chi connectivity index (χ2n) is 5.76. The van der Waals surface area contributed by atoms with Gasteiger partial charge in [0.15, 0.2) is 0 Å². The number of amides is 1. The van der Waals surface area contributed by atoms with Gasteiger partial charge in [-0.3, -0.25) is 4.79 Å². The highest BCUT2D eigenvalue weighted by Gasteiger charge is 2.36. The van der Waals surface area contributed by atoms with E-state index in [0.29, 0.717) is 23.9 Å². The Morgan fingerprint density at radius 3 is 2.18 bits per heavy atom. The Morgan fingerprint density at radius 1 is 1.12 bits per heavy atom. The van der Waals surface area contributed by atoms with E-state index in [2.05, 4.69) is 25.7 Å². The van der Waals surface area contributed by atoms with Crippen LogP contribution >= 0.6 is 0 Å². The van der Waals surface area contributed by atoms with Gasteiger partial charge in [0, 0.05) is 31.2 Å². The zero-order valence-electron chi connectivity index (χ0n) is 11.3. The van der Waals surface area contributed by atoms with E-state index in [4.69, 9.17) is 4.74 Å². The lowest BCUT2D eigenvalue weighted by Crippen LogP contribution is -2.44. The van der Waals surface area contributed by atoms with Crippen molar-refractivity contribution in [2.45, 2.75) is 58.5 Å². The summed E-state index contributed by atoms with van der Waals surface area (Å²) in [5.41, 5.74) is 0. The molecule has 2 rings (SSSR count). The van der Waals surface area contributed by atoms with E-state index in [1.165, 1.54) is 0 Å². The van der Waals surface area contributed by atoms with Crippen LogP contribution in [-0.2, 0) is 9.53 Å². The molecule has 0 spiro atoms. The van der Waals surface area contributed by atoms with Crippen molar-refractivity contribution in [1.29, 1.82) is 0 Å². The molecule has 17 heavy (non-hydrogen) atoms. The zero-order chi connectivity index (χ0) is 12.4. The topological polar surface area (TPSA) is 29.5 Å². The SMILES string of the molecule is CC(C(=O)N1C(C)CC[C@H]1C)C1CCOCC1. The molecular formula is C14H25NO2. The molecule has 0 saturated carbocycles. The first-order chi connectivity index (χ1) is 8.11. The summed E-state index contributed by atoms with van der Waals surface area (Å²) < 4.78 is 5.37. The maximum atomic E-state index is 12.6. The van der Waals surface area contributed by atoms with Gasteiger partial charge in [-0.1, -0.05) is 6.92 Å². The molecule has 2 unspecified atom stereocenters. The molecule has 2 aliphatic rings. The average molecular weight is 239 g/mol. The van der Waals surface area contributed by atoms with E-state index in [0.717, 1.165) is 38.9 Å². The second-order valence-corrected chi connectivity index (χ2v) is 5.76. The Balaban J connectivity index is 1.98. The van der Waals surface area contributed by atoms with Crippen molar-refractivity contribution in [3.05, 3.63) is 0 Å².